The second kappa shape index (κ2) is 12.3. The number of esters is 3. The molecule has 0 aliphatic carbocycles. The highest BCUT2D eigenvalue weighted by Gasteiger charge is 2.44. The Morgan fingerprint density at radius 2 is 1.75 bits per heavy atom. The number of carbonyl (C=O) groups excluding carboxylic acids is 4. The van der Waals surface area contributed by atoms with Crippen molar-refractivity contribution in [3.63, 3.8) is 0 Å². The van der Waals surface area contributed by atoms with Gasteiger partial charge in [-0.2, -0.15) is 0 Å². The molecule has 1 aliphatic rings. The fourth-order valence-corrected chi connectivity index (χ4v) is 2.59. The Balaban J connectivity index is 2.70. The summed E-state index contributed by atoms with van der Waals surface area (Å²) in [5.74, 6) is -1.95. The minimum atomic E-state index is -0.940. The minimum absolute atomic E-state index is 0.0912. The van der Waals surface area contributed by atoms with Gasteiger partial charge < -0.3 is 34.7 Å². The molecule has 1 fully saturated rings. The van der Waals surface area contributed by atoms with Crippen LogP contribution in [0.4, 0.5) is 0 Å². The lowest BCUT2D eigenvalue weighted by Crippen LogP contribution is -2.54. The molecule has 11 heteroatoms. The quantitative estimate of drug-likeness (QED) is 0.264. The Kier molecular flexibility index (Phi) is 10.4. The number of hydrogen-bond donors (Lipinski definition) is 2. The van der Waals surface area contributed by atoms with E-state index in [1.807, 2.05) is 0 Å². The molecular formula is C17H28N2O9. The number of rotatable bonds is 10. The summed E-state index contributed by atoms with van der Waals surface area (Å²) in [5.41, 5.74) is 5.19. The molecule has 1 saturated heterocycles. The molecule has 160 valence electrons. The highest BCUT2D eigenvalue weighted by atomic mass is 16.7. The zero-order chi connectivity index (χ0) is 21.1. The Bertz CT molecular complexity index is 555. The molecule has 0 radical (unpaired) electrons. The van der Waals surface area contributed by atoms with Gasteiger partial charge in [0.25, 0.3) is 0 Å². The Hall–Kier alpha value is -2.24. The molecule has 0 aromatic heterocycles. The second-order valence-corrected chi connectivity index (χ2v) is 6.14. The number of ether oxygens (including phenoxy) is 5. The van der Waals surface area contributed by atoms with Gasteiger partial charge >= 0.3 is 17.9 Å². The standard InChI is InChI=1S/C17H28N2O9/c1-10(20)25-9-14-17(27-12(3)22)13(26-11(2)21)7-16(28-14)24-6-4-5-19-15(23)8-18/h13-14,16-17H,4-9,18H2,1-3H3,(H,19,23)/t13-,14-,16-,17-/m1/s1. The lowest BCUT2D eigenvalue weighted by atomic mass is 10.0. The van der Waals surface area contributed by atoms with Crippen molar-refractivity contribution in [2.24, 2.45) is 5.73 Å². The van der Waals surface area contributed by atoms with E-state index in [0.717, 1.165) is 0 Å². The number of hydrogen-bond acceptors (Lipinski definition) is 10. The third-order valence-corrected chi connectivity index (χ3v) is 3.69. The summed E-state index contributed by atoms with van der Waals surface area (Å²) in [4.78, 5) is 45.1. The molecule has 4 atom stereocenters. The SMILES string of the molecule is CC(=O)OC[C@H]1O[C@@H](OCCCNC(=O)CN)C[C@@H](OC(C)=O)[C@H]1OC(C)=O. The van der Waals surface area contributed by atoms with Gasteiger partial charge in [0.05, 0.1) is 13.2 Å². The minimum Gasteiger partial charge on any atom is -0.463 e. The van der Waals surface area contributed by atoms with Crippen LogP contribution in [0.3, 0.4) is 0 Å². The highest BCUT2D eigenvalue weighted by Crippen LogP contribution is 2.27. The molecule has 1 aliphatic heterocycles. The Morgan fingerprint density at radius 1 is 1.07 bits per heavy atom. The van der Waals surface area contributed by atoms with Crippen molar-refractivity contribution in [1.29, 1.82) is 0 Å². The zero-order valence-electron chi connectivity index (χ0n) is 16.3. The predicted molar refractivity (Wildman–Crippen MR) is 93.7 cm³/mol. The molecule has 0 aromatic carbocycles. The molecule has 28 heavy (non-hydrogen) atoms. The molecule has 3 N–H and O–H groups in total. The van der Waals surface area contributed by atoms with Crippen LogP contribution in [-0.2, 0) is 42.9 Å². The Labute approximate surface area is 163 Å². The van der Waals surface area contributed by atoms with Crippen LogP contribution in [0.5, 0.6) is 0 Å². The summed E-state index contributed by atoms with van der Waals surface area (Å²) in [6, 6.07) is 0. The van der Waals surface area contributed by atoms with Gasteiger partial charge in [0.1, 0.15) is 18.8 Å². The van der Waals surface area contributed by atoms with Gasteiger partial charge in [-0.3, -0.25) is 19.2 Å². The molecule has 0 aromatic rings. The van der Waals surface area contributed by atoms with E-state index in [2.05, 4.69) is 5.32 Å². The Morgan fingerprint density at radius 3 is 2.32 bits per heavy atom. The number of amides is 1. The van der Waals surface area contributed by atoms with E-state index in [1.54, 1.807) is 0 Å². The van der Waals surface area contributed by atoms with Gasteiger partial charge in [-0.25, -0.2) is 0 Å². The predicted octanol–water partition coefficient (Wildman–Crippen LogP) is -0.990. The summed E-state index contributed by atoms with van der Waals surface area (Å²) in [6.07, 6.45) is -2.77. The van der Waals surface area contributed by atoms with Crippen molar-refractivity contribution < 1.29 is 42.9 Å². The summed E-state index contributed by atoms with van der Waals surface area (Å²) < 4.78 is 26.8. The molecule has 0 unspecified atom stereocenters. The summed E-state index contributed by atoms with van der Waals surface area (Å²) in [7, 11) is 0. The van der Waals surface area contributed by atoms with Crippen LogP contribution in [0.15, 0.2) is 0 Å². The van der Waals surface area contributed by atoms with Crippen LogP contribution >= 0.6 is 0 Å². The van der Waals surface area contributed by atoms with E-state index in [4.69, 9.17) is 29.4 Å². The molecule has 11 nitrogen and oxygen atoms in total. The third kappa shape index (κ3) is 9.11. The van der Waals surface area contributed by atoms with E-state index >= 15 is 0 Å². The molecule has 1 rings (SSSR count). The summed E-state index contributed by atoms with van der Waals surface area (Å²) in [5, 5.41) is 2.61. The van der Waals surface area contributed by atoms with Gasteiger partial charge in [0.15, 0.2) is 12.4 Å². The van der Waals surface area contributed by atoms with Gasteiger partial charge in [0, 0.05) is 33.7 Å². The van der Waals surface area contributed by atoms with Gasteiger partial charge in [0.2, 0.25) is 5.91 Å². The van der Waals surface area contributed by atoms with Crippen molar-refractivity contribution in [2.45, 2.75) is 58.2 Å². The molecule has 0 saturated carbocycles. The zero-order valence-corrected chi connectivity index (χ0v) is 16.3. The van der Waals surface area contributed by atoms with Crippen molar-refractivity contribution >= 4 is 23.8 Å². The van der Waals surface area contributed by atoms with Crippen molar-refractivity contribution in [1.82, 2.24) is 5.32 Å². The second-order valence-electron chi connectivity index (χ2n) is 6.14. The average molecular weight is 404 g/mol. The maximum atomic E-state index is 11.4. The highest BCUT2D eigenvalue weighted by molar-refractivity contribution is 5.77. The third-order valence-electron chi connectivity index (χ3n) is 3.69. The van der Waals surface area contributed by atoms with Gasteiger partial charge in [-0.05, 0) is 6.42 Å². The van der Waals surface area contributed by atoms with E-state index < -0.39 is 42.5 Å². The monoisotopic (exact) mass is 404 g/mol. The van der Waals surface area contributed by atoms with Gasteiger partial charge in [-0.15, -0.1) is 0 Å². The first-order valence-electron chi connectivity index (χ1n) is 8.94. The summed E-state index contributed by atoms with van der Waals surface area (Å²) >= 11 is 0. The number of carbonyl (C=O) groups is 4. The molecule has 0 spiro atoms. The first-order valence-corrected chi connectivity index (χ1v) is 8.94. The van der Waals surface area contributed by atoms with E-state index in [0.29, 0.717) is 13.0 Å². The largest absolute Gasteiger partial charge is 0.463 e. The maximum absolute atomic E-state index is 11.4. The molecule has 0 bridgehead atoms. The lowest BCUT2D eigenvalue weighted by Gasteiger charge is -2.39. The average Bonchev–Trinajstić information content (AvgIpc) is 2.60. The molecule has 1 heterocycles. The van der Waals surface area contributed by atoms with Crippen LogP contribution in [0.25, 0.3) is 0 Å². The van der Waals surface area contributed by atoms with Crippen molar-refractivity contribution in [3.05, 3.63) is 0 Å². The topological polar surface area (TPSA) is 152 Å². The van der Waals surface area contributed by atoms with Crippen LogP contribution in [-0.4, -0.2) is 74.7 Å². The van der Waals surface area contributed by atoms with Crippen LogP contribution in [0, 0.1) is 0 Å². The normalized spacial score (nSPS) is 24.1. The van der Waals surface area contributed by atoms with E-state index in [-0.39, 0.29) is 32.1 Å². The fourth-order valence-electron chi connectivity index (χ4n) is 2.59. The van der Waals surface area contributed by atoms with Crippen molar-refractivity contribution in [2.75, 3.05) is 26.3 Å². The fraction of sp³-hybridized carbons (Fsp3) is 0.765. The van der Waals surface area contributed by atoms with E-state index in [1.165, 1.54) is 20.8 Å². The number of nitrogens with one attached hydrogen (secondary N) is 1. The summed E-state index contributed by atoms with van der Waals surface area (Å²) in [6.45, 7) is 4.02. The maximum Gasteiger partial charge on any atom is 0.303 e. The molecular weight excluding hydrogens is 376 g/mol. The number of nitrogens with two attached hydrogens (primary N) is 1. The van der Waals surface area contributed by atoms with Crippen molar-refractivity contribution in [3.8, 4) is 0 Å². The van der Waals surface area contributed by atoms with Gasteiger partial charge in [-0.1, -0.05) is 0 Å². The molecule has 1 amide bonds. The smallest absolute Gasteiger partial charge is 0.303 e. The van der Waals surface area contributed by atoms with Crippen LogP contribution < -0.4 is 11.1 Å². The first kappa shape index (κ1) is 23.8. The first-order chi connectivity index (χ1) is 13.2. The van der Waals surface area contributed by atoms with Crippen LogP contribution in [0.1, 0.15) is 33.6 Å². The van der Waals surface area contributed by atoms with Crippen LogP contribution in [0.2, 0.25) is 0 Å². The lowest BCUT2D eigenvalue weighted by molar-refractivity contribution is -0.266. The van der Waals surface area contributed by atoms with E-state index in [9.17, 15) is 19.2 Å².